The van der Waals surface area contributed by atoms with Crippen molar-refractivity contribution in [2.75, 3.05) is 13.7 Å². The van der Waals surface area contributed by atoms with Crippen LogP contribution in [0.2, 0.25) is 0 Å². The van der Waals surface area contributed by atoms with Crippen LogP contribution >= 0.6 is 0 Å². The lowest BCUT2D eigenvalue weighted by Crippen LogP contribution is -2.26. The van der Waals surface area contributed by atoms with Crippen LogP contribution in [0.15, 0.2) is 4.40 Å². The number of methoxy groups -OCH3 is 1. The van der Waals surface area contributed by atoms with Gasteiger partial charge >= 0.3 is 0 Å². The zero-order chi connectivity index (χ0) is 8.91. The van der Waals surface area contributed by atoms with Crippen molar-refractivity contribution in [2.45, 2.75) is 25.5 Å². The molecule has 0 fully saturated rings. The Morgan fingerprint density at radius 1 is 1.55 bits per heavy atom. The SMILES string of the molecule is COC/C=N/[S+]([O-])C(C)(C)C. The first-order valence-electron chi connectivity index (χ1n) is 3.42. The summed E-state index contributed by atoms with van der Waals surface area (Å²) < 4.78 is 19.5. The molecule has 0 N–H and O–H groups in total. The van der Waals surface area contributed by atoms with Gasteiger partial charge in [0.15, 0.2) is 0 Å². The van der Waals surface area contributed by atoms with Gasteiger partial charge in [-0.2, -0.15) is 0 Å². The molecule has 0 spiro atoms. The first-order chi connectivity index (χ1) is 4.98. The molecular formula is C7H15NO2S. The van der Waals surface area contributed by atoms with E-state index in [4.69, 9.17) is 4.74 Å². The molecule has 0 rings (SSSR count). The van der Waals surface area contributed by atoms with Gasteiger partial charge in [0.2, 0.25) is 0 Å². The molecule has 0 aromatic carbocycles. The molecule has 0 aliphatic heterocycles. The fraction of sp³-hybridized carbons (Fsp3) is 0.857. The Hall–Kier alpha value is -0.0600. The second kappa shape index (κ2) is 4.74. The van der Waals surface area contributed by atoms with Crippen LogP contribution in [-0.4, -0.2) is 29.2 Å². The van der Waals surface area contributed by atoms with Crippen molar-refractivity contribution in [3.8, 4) is 0 Å². The molecular weight excluding hydrogens is 162 g/mol. The minimum absolute atomic E-state index is 0.274. The van der Waals surface area contributed by atoms with Gasteiger partial charge in [0.05, 0.1) is 12.8 Å². The van der Waals surface area contributed by atoms with E-state index in [1.54, 1.807) is 7.11 Å². The van der Waals surface area contributed by atoms with Crippen LogP contribution in [0.5, 0.6) is 0 Å². The van der Waals surface area contributed by atoms with Gasteiger partial charge in [-0.25, -0.2) is 0 Å². The standard InChI is InChI=1S/C7H15NO2S/c1-7(2,3)11(9)8-5-6-10-4/h5H,6H2,1-4H3/b8-5+. The number of rotatable bonds is 3. The Bertz CT molecular complexity index is 131. The predicted octanol–water partition coefficient (Wildman–Crippen LogP) is 1.17. The number of ether oxygens (including phenoxy) is 1. The van der Waals surface area contributed by atoms with Crippen molar-refractivity contribution in [3.63, 3.8) is 0 Å². The van der Waals surface area contributed by atoms with Crippen molar-refractivity contribution < 1.29 is 9.29 Å². The zero-order valence-corrected chi connectivity index (χ0v) is 8.27. The fourth-order valence-electron chi connectivity index (χ4n) is 0.331. The van der Waals surface area contributed by atoms with Crippen molar-refractivity contribution in [1.82, 2.24) is 0 Å². The fourth-order valence-corrected chi connectivity index (χ4v) is 0.843. The molecule has 0 aliphatic carbocycles. The zero-order valence-electron chi connectivity index (χ0n) is 7.46. The second-order valence-electron chi connectivity index (χ2n) is 3.10. The van der Waals surface area contributed by atoms with E-state index in [0.29, 0.717) is 6.61 Å². The van der Waals surface area contributed by atoms with E-state index < -0.39 is 11.4 Å². The molecule has 0 saturated heterocycles. The smallest absolute Gasteiger partial charge is 0.144 e. The van der Waals surface area contributed by atoms with E-state index in [1.807, 2.05) is 20.8 Å². The molecule has 1 unspecified atom stereocenters. The van der Waals surface area contributed by atoms with E-state index in [9.17, 15) is 4.55 Å². The largest absolute Gasteiger partial charge is 0.591 e. The van der Waals surface area contributed by atoms with Gasteiger partial charge in [-0.05, 0) is 20.8 Å². The molecule has 3 nitrogen and oxygen atoms in total. The molecule has 0 saturated carbocycles. The maximum Gasteiger partial charge on any atom is 0.144 e. The van der Waals surface area contributed by atoms with Crippen LogP contribution < -0.4 is 0 Å². The lowest BCUT2D eigenvalue weighted by molar-refractivity contribution is 0.248. The van der Waals surface area contributed by atoms with Crippen LogP contribution in [0.25, 0.3) is 0 Å². The van der Waals surface area contributed by atoms with E-state index in [0.717, 1.165) is 0 Å². The van der Waals surface area contributed by atoms with Crippen molar-refractivity contribution >= 4 is 17.6 Å². The third-order valence-corrected chi connectivity index (χ3v) is 2.32. The Balaban J connectivity index is 3.77. The molecule has 0 amide bonds. The van der Waals surface area contributed by atoms with Gasteiger partial charge in [0.25, 0.3) is 0 Å². The minimum atomic E-state index is -1.15. The molecule has 0 radical (unpaired) electrons. The molecule has 1 atom stereocenters. The van der Waals surface area contributed by atoms with Crippen LogP contribution in [-0.2, 0) is 16.1 Å². The third kappa shape index (κ3) is 5.24. The maximum absolute atomic E-state index is 11.2. The first kappa shape index (κ1) is 10.9. The molecule has 0 aromatic heterocycles. The highest BCUT2D eigenvalue weighted by atomic mass is 32.2. The van der Waals surface area contributed by atoms with Crippen molar-refractivity contribution in [2.24, 2.45) is 4.40 Å². The summed E-state index contributed by atoms with van der Waals surface area (Å²) in [6, 6.07) is 0. The highest BCUT2D eigenvalue weighted by molar-refractivity contribution is 7.91. The average molecular weight is 177 g/mol. The molecule has 0 aromatic rings. The van der Waals surface area contributed by atoms with Gasteiger partial charge in [0, 0.05) is 7.11 Å². The van der Waals surface area contributed by atoms with Gasteiger partial charge in [-0.1, -0.05) is 4.40 Å². The molecule has 0 bridgehead atoms. The first-order valence-corrected chi connectivity index (χ1v) is 4.52. The number of hydrogen-bond acceptors (Lipinski definition) is 3. The second-order valence-corrected chi connectivity index (χ2v) is 5.04. The molecule has 66 valence electrons. The van der Waals surface area contributed by atoms with Crippen LogP contribution in [0.1, 0.15) is 20.8 Å². The average Bonchev–Trinajstić information content (AvgIpc) is 1.86. The highest BCUT2D eigenvalue weighted by Crippen LogP contribution is 2.15. The van der Waals surface area contributed by atoms with Crippen molar-refractivity contribution in [3.05, 3.63) is 0 Å². The summed E-state index contributed by atoms with van der Waals surface area (Å²) in [5.74, 6) is 0. The van der Waals surface area contributed by atoms with Gasteiger partial charge in [0.1, 0.15) is 16.1 Å². The number of hydrogen-bond donors (Lipinski definition) is 0. The lowest BCUT2D eigenvalue weighted by Gasteiger charge is -2.17. The van der Waals surface area contributed by atoms with E-state index in [1.165, 1.54) is 6.21 Å². The monoisotopic (exact) mass is 177 g/mol. The minimum Gasteiger partial charge on any atom is -0.591 e. The quantitative estimate of drug-likeness (QED) is 0.480. The summed E-state index contributed by atoms with van der Waals surface area (Å²) >= 11 is -1.15. The van der Waals surface area contributed by atoms with Crippen LogP contribution in [0, 0.1) is 0 Å². The summed E-state index contributed by atoms with van der Waals surface area (Å²) in [6.45, 7) is 6.07. The lowest BCUT2D eigenvalue weighted by atomic mass is 10.3. The normalized spacial score (nSPS) is 15.7. The highest BCUT2D eigenvalue weighted by Gasteiger charge is 2.25. The van der Waals surface area contributed by atoms with Gasteiger partial charge in [-0.15, -0.1) is 0 Å². The van der Waals surface area contributed by atoms with Gasteiger partial charge in [-0.3, -0.25) is 0 Å². The van der Waals surface area contributed by atoms with E-state index in [2.05, 4.69) is 4.40 Å². The van der Waals surface area contributed by atoms with E-state index in [-0.39, 0.29) is 4.75 Å². The maximum atomic E-state index is 11.2. The number of nitrogens with zero attached hydrogens (tertiary/aromatic N) is 1. The summed E-state index contributed by atoms with van der Waals surface area (Å²) in [5, 5.41) is 0. The van der Waals surface area contributed by atoms with E-state index >= 15 is 0 Å². The van der Waals surface area contributed by atoms with Crippen molar-refractivity contribution in [1.29, 1.82) is 0 Å². The summed E-state index contributed by atoms with van der Waals surface area (Å²) in [7, 11) is 1.58. The Kier molecular flexibility index (Phi) is 4.72. The summed E-state index contributed by atoms with van der Waals surface area (Å²) in [5.41, 5.74) is 0. The van der Waals surface area contributed by atoms with Gasteiger partial charge < -0.3 is 9.29 Å². The summed E-state index contributed by atoms with van der Waals surface area (Å²) in [6.07, 6.45) is 1.53. The topological polar surface area (TPSA) is 44.6 Å². The molecule has 4 heteroatoms. The van der Waals surface area contributed by atoms with Crippen LogP contribution in [0.3, 0.4) is 0 Å². The molecule has 0 aliphatic rings. The Morgan fingerprint density at radius 2 is 2.09 bits per heavy atom. The van der Waals surface area contributed by atoms with Crippen LogP contribution in [0.4, 0.5) is 0 Å². The Labute approximate surface area is 71.2 Å². The molecule has 0 heterocycles. The summed E-state index contributed by atoms with van der Waals surface area (Å²) in [4.78, 5) is 0. The predicted molar refractivity (Wildman–Crippen MR) is 48.3 cm³/mol. The Morgan fingerprint density at radius 3 is 2.45 bits per heavy atom. The molecule has 11 heavy (non-hydrogen) atoms. The third-order valence-electron chi connectivity index (χ3n) is 0.935.